The van der Waals surface area contributed by atoms with Crippen LogP contribution in [0.2, 0.25) is 36.3 Å². The Bertz CT molecular complexity index is 1400. The van der Waals surface area contributed by atoms with E-state index in [0.29, 0.717) is 23.5 Å². The first-order valence-electron chi connectivity index (χ1n) is 18.6. The van der Waals surface area contributed by atoms with Crippen LogP contribution in [-0.4, -0.2) is 57.1 Å². The van der Waals surface area contributed by atoms with Crippen LogP contribution in [0.3, 0.4) is 0 Å². The summed E-state index contributed by atoms with van der Waals surface area (Å²) in [5.41, 5.74) is 2.46. The Morgan fingerprint density at radius 1 is 0.980 bits per heavy atom. The highest BCUT2D eigenvalue weighted by molar-refractivity contribution is 6.74. The quantitative estimate of drug-likeness (QED) is 0.0834. The van der Waals surface area contributed by atoms with E-state index >= 15 is 0 Å². The first kappa shape index (κ1) is 39.5. The van der Waals surface area contributed by atoms with E-state index in [9.17, 15) is 9.59 Å². The lowest BCUT2D eigenvalue weighted by molar-refractivity contribution is -0.139. The fourth-order valence-electron chi connectivity index (χ4n) is 7.14. The van der Waals surface area contributed by atoms with E-state index in [1.807, 2.05) is 12.1 Å². The van der Waals surface area contributed by atoms with Crippen LogP contribution in [0.4, 0.5) is 4.79 Å². The van der Waals surface area contributed by atoms with Crippen molar-refractivity contribution in [1.82, 2.24) is 9.55 Å². The van der Waals surface area contributed by atoms with Crippen LogP contribution in [-0.2, 0) is 31.2 Å². The molecular formula is C39H64N2O6Si2. The van der Waals surface area contributed by atoms with Gasteiger partial charge in [-0.05, 0) is 110 Å². The Kier molecular flexibility index (Phi) is 12.9. The van der Waals surface area contributed by atoms with E-state index in [-0.39, 0.29) is 28.9 Å². The molecule has 8 nitrogen and oxygen atoms in total. The van der Waals surface area contributed by atoms with Crippen LogP contribution < -0.4 is 4.74 Å². The fourth-order valence-corrected chi connectivity index (χ4v) is 9.95. The van der Waals surface area contributed by atoms with Crippen molar-refractivity contribution in [2.24, 2.45) is 17.8 Å². The minimum atomic E-state index is -2.00. The highest BCUT2D eigenvalue weighted by Crippen LogP contribution is 2.52. The zero-order chi connectivity index (χ0) is 36.2. The largest absolute Gasteiger partial charge is 0.482 e. The number of hydrogen-bond acceptors (Lipinski definition) is 7. The summed E-state index contributed by atoms with van der Waals surface area (Å²) in [5, 5.41) is 0.318. The van der Waals surface area contributed by atoms with Gasteiger partial charge in [-0.3, -0.25) is 0 Å². The molecule has 0 N–H and O–H groups in total. The van der Waals surface area contributed by atoms with Gasteiger partial charge in [0, 0.05) is 24.6 Å². The summed E-state index contributed by atoms with van der Waals surface area (Å²) in [6, 6.07) is 6.16. The Labute approximate surface area is 298 Å². The van der Waals surface area contributed by atoms with E-state index in [1.165, 1.54) is 49.1 Å². The van der Waals surface area contributed by atoms with Crippen molar-refractivity contribution in [3.8, 4) is 5.75 Å². The smallest absolute Gasteiger partial charge is 0.427 e. The Morgan fingerprint density at radius 2 is 1.69 bits per heavy atom. The molecule has 0 amide bonds. The average Bonchev–Trinajstić information content (AvgIpc) is 3.64. The molecular weight excluding hydrogens is 649 g/mol. The topological polar surface area (TPSA) is 88.9 Å². The summed E-state index contributed by atoms with van der Waals surface area (Å²) in [6.45, 7) is 25.5. The van der Waals surface area contributed by atoms with Gasteiger partial charge in [0.2, 0.25) is 0 Å². The molecule has 1 aromatic heterocycles. The van der Waals surface area contributed by atoms with E-state index < -0.39 is 28.7 Å². The molecule has 2 aromatic rings. The molecule has 5 atom stereocenters. The molecule has 2 unspecified atom stereocenters. The molecule has 0 saturated heterocycles. The van der Waals surface area contributed by atoms with Crippen LogP contribution >= 0.6 is 0 Å². The summed E-state index contributed by atoms with van der Waals surface area (Å²) in [7, 11) is -3.91. The molecule has 4 rings (SSSR count). The molecule has 0 aliphatic heterocycles. The molecule has 2 aliphatic rings. The summed E-state index contributed by atoms with van der Waals surface area (Å²) >= 11 is 0. The van der Waals surface area contributed by atoms with Crippen LogP contribution in [0.25, 0.3) is 0 Å². The minimum Gasteiger partial charge on any atom is -0.482 e. The highest BCUT2D eigenvalue weighted by Gasteiger charge is 2.50. The highest BCUT2D eigenvalue weighted by atomic mass is 28.4. The zero-order valence-corrected chi connectivity index (χ0v) is 34.3. The van der Waals surface area contributed by atoms with E-state index in [2.05, 4.69) is 85.7 Å². The Hall–Kier alpha value is -2.28. The van der Waals surface area contributed by atoms with Gasteiger partial charge < -0.3 is 18.3 Å². The summed E-state index contributed by atoms with van der Waals surface area (Å²) in [6.07, 6.45) is 13.8. The molecule has 2 aliphatic carbocycles. The second-order valence-electron chi connectivity index (χ2n) is 17.6. The predicted octanol–water partition coefficient (Wildman–Crippen LogP) is 9.97. The van der Waals surface area contributed by atoms with Crippen LogP contribution in [0.5, 0.6) is 5.75 Å². The SMILES string of the molecule is CCCCCC(CC[C@H]1C(O[Si](C)(C)C(C)(C)C)C[C@@H]2Cc3c(cccc3OCC(=O)OC(=O)n3ccnc3)C[C@@H]21)O[Si](C)(C)C(C)(C)C. The summed E-state index contributed by atoms with van der Waals surface area (Å²) in [5.74, 6) is 1.44. The number of aromatic nitrogens is 2. The number of fused-ring (bicyclic) bond motifs is 2. The number of hydrogen-bond donors (Lipinski definition) is 0. The van der Waals surface area contributed by atoms with Gasteiger partial charge >= 0.3 is 12.1 Å². The van der Waals surface area contributed by atoms with Crippen molar-refractivity contribution < 1.29 is 27.9 Å². The maximum Gasteiger partial charge on any atom is 0.427 e. The number of carbonyl (C=O) groups is 2. The number of unbranched alkanes of at least 4 members (excludes halogenated alkanes) is 2. The summed E-state index contributed by atoms with van der Waals surface area (Å²) in [4.78, 5) is 28.5. The Balaban J connectivity index is 1.52. The third kappa shape index (κ3) is 9.95. The van der Waals surface area contributed by atoms with Crippen molar-refractivity contribution in [2.75, 3.05) is 6.61 Å². The first-order valence-corrected chi connectivity index (χ1v) is 24.5. The van der Waals surface area contributed by atoms with Crippen molar-refractivity contribution in [3.05, 3.63) is 48.0 Å². The third-order valence-corrected chi connectivity index (χ3v) is 21.1. The van der Waals surface area contributed by atoms with Gasteiger partial charge in [0.15, 0.2) is 23.2 Å². The monoisotopic (exact) mass is 712 g/mol. The minimum absolute atomic E-state index is 0.136. The molecule has 10 heteroatoms. The number of nitrogens with zero attached hydrogens (tertiary/aromatic N) is 2. The van der Waals surface area contributed by atoms with E-state index in [1.54, 1.807) is 0 Å². The Morgan fingerprint density at radius 3 is 2.33 bits per heavy atom. The van der Waals surface area contributed by atoms with Gasteiger partial charge in [-0.2, -0.15) is 0 Å². The lowest BCUT2D eigenvalue weighted by atomic mass is 9.73. The number of rotatable bonds is 14. The number of esters is 1. The molecule has 0 spiro atoms. The maximum atomic E-state index is 12.5. The van der Waals surface area contributed by atoms with Crippen molar-refractivity contribution in [3.63, 3.8) is 0 Å². The molecule has 1 heterocycles. The normalized spacial score (nSPS) is 21.9. The van der Waals surface area contributed by atoms with Crippen molar-refractivity contribution in [2.45, 2.75) is 155 Å². The van der Waals surface area contributed by atoms with Gasteiger partial charge in [-0.15, -0.1) is 0 Å². The van der Waals surface area contributed by atoms with Crippen LogP contribution in [0.15, 0.2) is 36.9 Å². The van der Waals surface area contributed by atoms with Crippen molar-refractivity contribution in [1.29, 1.82) is 0 Å². The van der Waals surface area contributed by atoms with E-state index in [4.69, 9.17) is 18.3 Å². The number of ether oxygens (including phenoxy) is 2. The second kappa shape index (κ2) is 15.9. The maximum absolute atomic E-state index is 12.5. The van der Waals surface area contributed by atoms with E-state index in [0.717, 1.165) is 43.1 Å². The lowest BCUT2D eigenvalue weighted by Crippen LogP contribution is -2.46. The molecule has 1 fully saturated rings. The number of carbonyl (C=O) groups excluding carboxylic acids is 2. The lowest BCUT2D eigenvalue weighted by Gasteiger charge is -2.42. The molecule has 49 heavy (non-hydrogen) atoms. The van der Waals surface area contributed by atoms with Gasteiger partial charge in [0.1, 0.15) is 12.1 Å². The molecule has 274 valence electrons. The fraction of sp³-hybridized carbons (Fsp3) is 0.718. The standard InChI is InChI=1S/C39H64N2O6Si2/c1-12-13-14-17-30(46-48(8,9)38(2,3)4)19-20-31-32-23-28-16-15-18-34(44-26-36(42)45-37(43)41-22-21-40-27-41)33(28)24-29(32)25-35(31)47-49(10,11)39(5,6)7/h15-16,18,21-22,27,29-32,35H,12-14,17,19-20,23-26H2,1-11H3/t29-,30?,31+,32-,35?/m0/s1. The van der Waals surface area contributed by atoms with Gasteiger partial charge in [0.25, 0.3) is 0 Å². The summed E-state index contributed by atoms with van der Waals surface area (Å²) < 4.78 is 26.5. The molecule has 1 saturated carbocycles. The zero-order valence-electron chi connectivity index (χ0n) is 32.3. The van der Waals surface area contributed by atoms with Gasteiger partial charge in [0.05, 0.1) is 0 Å². The average molecular weight is 713 g/mol. The molecule has 0 radical (unpaired) electrons. The van der Waals surface area contributed by atoms with Crippen LogP contribution in [0, 0.1) is 17.8 Å². The first-order chi connectivity index (χ1) is 22.8. The van der Waals surface area contributed by atoms with Gasteiger partial charge in [-0.25, -0.2) is 19.1 Å². The predicted molar refractivity (Wildman–Crippen MR) is 201 cm³/mol. The van der Waals surface area contributed by atoms with Crippen LogP contribution in [0.1, 0.15) is 105 Å². The van der Waals surface area contributed by atoms with Crippen molar-refractivity contribution >= 4 is 28.7 Å². The molecule has 1 aromatic carbocycles. The number of benzene rings is 1. The number of imidazole rings is 1. The second-order valence-corrected chi connectivity index (χ2v) is 27.1. The third-order valence-electron chi connectivity index (χ3n) is 12.1. The molecule has 0 bridgehead atoms. The van der Waals surface area contributed by atoms with Gasteiger partial charge in [-0.1, -0.05) is 79.9 Å².